The van der Waals surface area contributed by atoms with E-state index < -0.39 is 0 Å². The second-order valence-electron chi connectivity index (χ2n) is 5.61. The molecule has 26 heavy (non-hydrogen) atoms. The molecule has 0 bridgehead atoms. The molecule has 3 heterocycles. The summed E-state index contributed by atoms with van der Waals surface area (Å²) < 4.78 is 1.97. The molecule has 0 saturated carbocycles. The summed E-state index contributed by atoms with van der Waals surface area (Å²) in [7, 11) is 0. The Morgan fingerprint density at radius 3 is 2.92 bits per heavy atom. The van der Waals surface area contributed by atoms with Crippen molar-refractivity contribution in [2.75, 3.05) is 18.4 Å². The van der Waals surface area contributed by atoms with Gasteiger partial charge in [-0.15, -0.1) is 6.58 Å². The predicted octanol–water partition coefficient (Wildman–Crippen LogP) is 2.90. The second kappa shape index (κ2) is 7.84. The minimum Gasteiger partial charge on any atom is -0.366 e. The first kappa shape index (κ1) is 18.3. The largest absolute Gasteiger partial charge is 0.366 e. The zero-order valence-electron chi connectivity index (χ0n) is 14.3. The summed E-state index contributed by atoms with van der Waals surface area (Å²) in [6.07, 6.45) is 5.72. The molecule has 134 valence electrons. The minimum absolute atomic E-state index is 0.172. The molecule has 1 saturated heterocycles. The van der Waals surface area contributed by atoms with Crippen LogP contribution in [0.5, 0.6) is 0 Å². The molecule has 3 rings (SSSR count). The third-order valence-electron chi connectivity index (χ3n) is 3.78. The predicted molar refractivity (Wildman–Crippen MR) is 110 cm³/mol. The van der Waals surface area contributed by atoms with Crippen LogP contribution < -0.4 is 10.9 Å². The number of amides is 1. The van der Waals surface area contributed by atoms with Gasteiger partial charge >= 0.3 is 0 Å². The number of hydrogen-bond donors (Lipinski definition) is 1. The maximum atomic E-state index is 12.9. The van der Waals surface area contributed by atoms with Crippen molar-refractivity contribution in [3.05, 3.63) is 57.9 Å². The lowest BCUT2D eigenvalue weighted by Gasteiger charge is -2.12. The van der Waals surface area contributed by atoms with Crippen molar-refractivity contribution < 1.29 is 4.79 Å². The van der Waals surface area contributed by atoms with E-state index in [9.17, 15) is 9.59 Å². The third kappa shape index (κ3) is 3.42. The van der Waals surface area contributed by atoms with Gasteiger partial charge in [0.15, 0.2) is 0 Å². The molecular formula is C18H18N4O2S2. The van der Waals surface area contributed by atoms with Gasteiger partial charge in [0.1, 0.15) is 15.8 Å². The van der Waals surface area contributed by atoms with Crippen LogP contribution in [0.25, 0.3) is 11.7 Å². The number of nitrogens with zero attached hydrogens (tertiary/aromatic N) is 3. The molecule has 0 unspecified atom stereocenters. The maximum absolute atomic E-state index is 12.9. The quantitative estimate of drug-likeness (QED) is 0.468. The third-order valence-corrected chi connectivity index (χ3v) is 5.16. The molecule has 1 fully saturated rings. The number of fused-ring (bicyclic) bond motifs is 1. The fourth-order valence-electron chi connectivity index (χ4n) is 2.58. The topological polar surface area (TPSA) is 66.7 Å². The molecule has 2 aromatic heterocycles. The number of hydrogen-bond acceptors (Lipinski definition) is 6. The lowest BCUT2D eigenvalue weighted by atomic mass is 10.2. The van der Waals surface area contributed by atoms with Crippen molar-refractivity contribution in [3.8, 4) is 0 Å². The molecule has 1 aliphatic heterocycles. The average Bonchev–Trinajstić information content (AvgIpc) is 2.90. The zero-order valence-corrected chi connectivity index (χ0v) is 15.9. The Bertz CT molecular complexity index is 981. The summed E-state index contributed by atoms with van der Waals surface area (Å²) in [5.41, 5.74) is 0.607. The van der Waals surface area contributed by atoms with Crippen LogP contribution in [0.4, 0.5) is 5.82 Å². The molecule has 0 aromatic carbocycles. The zero-order chi connectivity index (χ0) is 18.7. The summed E-state index contributed by atoms with van der Waals surface area (Å²) in [5, 5.41) is 3.08. The van der Waals surface area contributed by atoms with Crippen LogP contribution in [0, 0.1) is 0 Å². The normalized spacial score (nSPS) is 15.9. The van der Waals surface area contributed by atoms with E-state index in [1.54, 1.807) is 35.4 Å². The van der Waals surface area contributed by atoms with Gasteiger partial charge in [0, 0.05) is 19.3 Å². The van der Waals surface area contributed by atoms with Crippen molar-refractivity contribution in [1.29, 1.82) is 0 Å². The van der Waals surface area contributed by atoms with Crippen molar-refractivity contribution in [2.24, 2.45) is 0 Å². The molecule has 0 atom stereocenters. The SMILES string of the molecule is C=CCNc1nc2ccccn2c(=O)c1/C=C1\SC(=S)N(CCC)C1=O. The Labute approximate surface area is 160 Å². The van der Waals surface area contributed by atoms with Gasteiger partial charge in [-0.1, -0.05) is 43.0 Å². The highest BCUT2D eigenvalue weighted by molar-refractivity contribution is 8.26. The molecule has 1 amide bonds. The highest BCUT2D eigenvalue weighted by atomic mass is 32.2. The van der Waals surface area contributed by atoms with Crippen LogP contribution in [-0.4, -0.2) is 37.6 Å². The van der Waals surface area contributed by atoms with E-state index in [1.165, 1.54) is 16.2 Å². The summed E-state index contributed by atoms with van der Waals surface area (Å²) in [5.74, 6) is 0.246. The summed E-state index contributed by atoms with van der Waals surface area (Å²) in [4.78, 5) is 32.0. The average molecular weight is 387 g/mol. The van der Waals surface area contributed by atoms with Crippen molar-refractivity contribution in [2.45, 2.75) is 13.3 Å². The van der Waals surface area contributed by atoms with Crippen LogP contribution >= 0.6 is 24.0 Å². The van der Waals surface area contributed by atoms with E-state index in [0.29, 0.717) is 39.3 Å². The number of carbonyl (C=O) groups is 1. The monoisotopic (exact) mass is 386 g/mol. The lowest BCUT2D eigenvalue weighted by molar-refractivity contribution is -0.122. The van der Waals surface area contributed by atoms with Crippen molar-refractivity contribution in [1.82, 2.24) is 14.3 Å². The van der Waals surface area contributed by atoms with E-state index in [-0.39, 0.29) is 11.5 Å². The molecule has 0 spiro atoms. The molecular weight excluding hydrogens is 368 g/mol. The number of thioether (sulfide) groups is 1. The van der Waals surface area contributed by atoms with Gasteiger partial charge in [0.2, 0.25) is 0 Å². The Morgan fingerprint density at radius 2 is 2.19 bits per heavy atom. The lowest BCUT2D eigenvalue weighted by Crippen LogP contribution is -2.28. The summed E-state index contributed by atoms with van der Waals surface area (Å²) in [6.45, 7) is 6.68. The molecule has 1 N–H and O–H groups in total. The number of rotatable bonds is 6. The molecule has 2 aromatic rings. The number of anilines is 1. The van der Waals surface area contributed by atoms with Crippen LogP contribution in [0.1, 0.15) is 18.9 Å². The Morgan fingerprint density at radius 1 is 1.38 bits per heavy atom. The fourth-order valence-corrected chi connectivity index (χ4v) is 3.87. The standard InChI is InChI=1S/C18H18N4O2S2/c1-3-8-19-15-12(16(23)21-10-6-5-7-14(21)20-15)11-13-17(24)22(9-4-2)18(25)26-13/h3,5-7,10-11,19H,1,4,8-9H2,2H3/b13-11-. The van der Waals surface area contributed by atoms with Gasteiger partial charge in [-0.05, 0) is 24.6 Å². The summed E-state index contributed by atoms with van der Waals surface area (Å²) >= 11 is 6.50. The summed E-state index contributed by atoms with van der Waals surface area (Å²) in [6, 6.07) is 5.33. The van der Waals surface area contributed by atoms with Gasteiger partial charge in [0.05, 0.1) is 10.5 Å². The first-order valence-corrected chi connectivity index (χ1v) is 9.40. The van der Waals surface area contributed by atoms with Gasteiger partial charge in [0.25, 0.3) is 11.5 Å². The highest BCUT2D eigenvalue weighted by Gasteiger charge is 2.31. The van der Waals surface area contributed by atoms with Gasteiger partial charge < -0.3 is 5.32 Å². The smallest absolute Gasteiger partial charge is 0.267 e. The number of pyridine rings is 1. The number of thiocarbonyl (C=S) groups is 1. The second-order valence-corrected chi connectivity index (χ2v) is 7.29. The maximum Gasteiger partial charge on any atom is 0.267 e. The van der Waals surface area contributed by atoms with E-state index in [0.717, 1.165) is 6.42 Å². The van der Waals surface area contributed by atoms with Crippen molar-refractivity contribution >= 4 is 51.7 Å². The van der Waals surface area contributed by atoms with Crippen LogP contribution in [-0.2, 0) is 4.79 Å². The highest BCUT2D eigenvalue weighted by Crippen LogP contribution is 2.33. The van der Waals surface area contributed by atoms with Crippen LogP contribution in [0.2, 0.25) is 0 Å². The molecule has 0 radical (unpaired) electrons. The number of carbonyl (C=O) groups excluding carboxylic acids is 1. The van der Waals surface area contributed by atoms with Crippen LogP contribution in [0.3, 0.4) is 0 Å². The number of nitrogens with one attached hydrogen (secondary N) is 1. The fraction of sp³-hybridized carbons (Fsp3) is 0.222. The van der Waals surface area contributed by atoms with E-state index in [4.69, 9.17) is 12.2 Å². The molecule has 0 aliphatic carbocycles. The molecule has 8 heteroatoms. The first-order valence-electron chi connectivity index (χ1n) is 8.18. The Balaban J connectivity index is 2.13. The van der Waals surface area contributed by atoms with Gasteiger partial charge in [-0.2, -0.15) is 0 Å². The van der Waals surface area contributed by atoms with Crippen molar-refractivity contribution in [3.63, 3.8) is 0 Å². The Hall–Kier alpha value is -2.45. The first-order chi connectivity index (χ1) is 12.6. The molecule has 1 aliphatic rings. The van der Waals surface area contributed by atoms with Gasteiger partial charge in [-0.3, -0.25) is 18.9 Å². The Kier molecular flexibility index (Phi) is 5.53. The van der Waals surface area contributed by atoms with E-state index >= 15 is 0 Å². The van der Waals surface area contributed by atoms with Gasteiger partial charge in [-0.25, -0.2) is 4.98 Å². The molecule has 6 nitrogen and oxygen atoms in total. The van der Waals surface area contributed by atoms with Crippen LogP contribution in [0.15, 0.2) is 46.8 Å². The van der Waals surface area contributed by atoms with E-state index in [2.05, 4.69) is 16.9 Å². The van der Waals surface area contributed by atoms with E-state index in [1.807, 2.05) is 13.0 Å². The number of aromatic nitrogens is 2. The minimum atomic E-state index is -0.247.